The van der Waals surface area contributed by atoms with Gasteiger partial charge in [0.1, 0.15) is 29.0 Å². The maximum absolute atomic E-state index is 17.0. The number of ether oxygens (including phenoxy) is 3. The van der Waals surface area contributed by atoms with Gasteiger partial charge in [0.25, 0.3) is 0 Å². The van der Waals surface area contributed by atoms with Crippen LogP contribution < -0.4 is 20.1 Å². The third kappa shape index (κ3) is 4.86. The van der Waals surface area contributed by atoms with Gasteiger partial charge in [-0.2, -0.15) is 9.97 Å². The Morgan fingerprint density at radius 3 is 2.63 bits per heavy atom. The summed E-state index contributed by atoms with van der Waals surface area (Å²) in [5.41, 5.74) is 9.94. The molecule has 3 N–H and O–H groups in total. The van der Waals surface area contributed by atoms with Gasteiger partial charge in [0, 0.05) is 42.7 Å². The molecule has 3 aromatic rings. The van der Waals surface area contributed by atoms with Gasteiger partial charge in [0.15, 0.2) is 5.82 Å². The van der Waals surface area contributed by atoms with E-state index in [2.05, 4.69) is 9.80 Å². The van der Waals surface area contributed by atoms with Crippen molar-refractivity contribution < 1.29 is 18.6 Å². The number of nitrogens with two attached hydrogens (primary N) is 1. The molecule has 3 saturated heterocycles. The molecule has 0 radical (unpaired) electrons. The second-order valence-electron chi connectivity index (χ2n) is 12.4. The third-order valence-corrected chi connectivity index (χ3v) is 9.72. The molecule has 11 heteroatoms. The largest absolute Gasteiger partial charge is 0.480 e. The molecule has 2 aromatic heterocycles. The molecule has 0 unspecified atom stereocenters. The second kappa shape index (κ2) is 11.2. The smallest absolute Gasteiger partial charge is 0.319 e. The van der Waals surface area contributed by atoms with Crippen molar-refractivity contribution in [3.05, 3.63) is 28.6 Å². The molecule has 4 aliphatic rings. The monoisotopic (exact) mass is 589 g/mol. The maximum atomic E-state index is 17.0. The maximum Gasteiger partial charge on any atom is 0.319 e. The Balaban J connectivity index is 1.43. The number of rotatable bonds is 8. The van der Waals surface area contributed by atoms with Crippen molar-refractivity contribution in [2.24, 2.45) is 0 Å². The van der Waals surface area contributed by atoms with Crippen LogP contribution in [0.1, 0.15) is 67.6 Å². The number of nitrogens with one attached hydrogen (secondary N) is 1. The van der Waals surface area contributed by atoms with Gasteiger partial charge in [-0.1, -0.05) is 0 Å². The van der Waals surface area contributed by atoms with Gasteiger partial charge in [0.2, 0.25) is 5.88 Å². The van der Waals surface area contributed by atoms with Crippen LogP contribution in [0.3, 0.4) is 0 Å². The molecule has 1 aromatic carbocycles. The number of fused-ring (bicyclic) bond motifs is 2. The minimum absolute atomic E-state index is 0.00825. The molecule has 0 spiro atoms. The molecule has 4 fully saturated rings. The standard InChI is InChI=1S/C32H40FN7O3/c1-19-16-22(35)21(17-34)24(23(19)20-6-7-20)27-26(33)28-25(30(36-27)41-2)29(39-10-5-14-42-15-13-39)38-31(37-28)43-18-32-8-3-11-40(32)12-4-9-32/h16-17,20,34H,3-15,18,35H2,1-2H3. The molecule has 43 heavy (non-hydrogen) atoms. The highest BCUT2D eigenvalue weighted by Crippen LogP contribution is 2.49. The van der Waals surface area contributed by atoms with Crippen molar-refractivity contribution in [3.63, 3.8) is 0 Å². The Labute approximate surface area is 251 Å². The number of aryl methyl sites for hydroxylation is 1. The van der Waals surface area contributed by atoms with Gasteiger partial charge >= 0.3 is 6.01 Å². The lowest BCUT2D eigenvalue weighted by Crippen LogP contribution is -2.43. The van der Waals surface area contributed by atoms with E-state index in [1.54, 1.807) is 0 Å². The van der Waals surface area contributed by atoms with Crippen LogP contribution in [0.2, 0.25) is 0 Å². The summed E-state index contributed by atoms with van der Waals surface area (Å²) in [6, 6.07) is 2.02. The normalized spacial score (nSPS) is 20.3. The number of hydrogen-bond acceptors (Lipinski definition) is 10. The zero-order chi connectivity index (χ0) is 29.7. The fraction of sp³-hybridized carbons (Fsp3) is 0.562. The van der Waals surface area contributed by atoms with Crippen LogP contribution in [0.15, 0.2) is 6.07 Å². The third-order valence-electron chi connectivity index (χ3n) is 9.72. The fourth-order valence-electron chi connectivity index (χ4n) is 7.51. The number of pyridine rings is 1. The highest BCUT2D eigenvalue weighted by molar-refractivity contribution is 6.01. The van der Waals surface area contributed by atoms with E-state index in [-0.39, 0.29) is 34.6 Å². The first kappa shape index (κ1) is 28.2. The number of halogens is 1. The summed E-state index contributed by atoms with van der Waals surface area (Å²) < 4.78 is 35.0. The Kier molecular flexibility index (Phi) is 7.33. The van der Waals surface area contributed by atoms with Crippen LogP contribution in [0, 0.1) is 18.2 Å². The van der Waals surface area contributed by atoms with Crippen molar-refractivity contribution in [2.75, 3.05) is 63.7 Å². The van der Waals surface area contributed by atoms with E-state index in [1.807, 2.05) is 13.0 Å². The van der Waals surface area contributed by atoms with Gasteiger partial charge in [-0.3, -0.25) is 4.90 Å². The summed E-state index contributed by atoms with van der Waals surface area (Å²) in [6.07, 6.45) is 8.48. The fourth-order valence-corrected chi connectivity index (χ4v) is 7.51. The predicted octanol–water partition coefficient (Wildman–Crippen LogP) is 4.84. The van der Waals surface area contributed by atoms with Gasteiger partial charge in [-0.15, -0.1) is 0 Å². The molecular formula is C32H40FN7O3. The molecule has 1 saturated carbocycles. The molecule has 3 aliphatic heterocycles. The van der Waals surface area contributed by atoms with Crippen LogP contribution >= 0.6 is 0 Å². The van der Waals surface area contributed by atoms with E-state index in [0.717, 1.165) is 69.2 Å². The molecule has 228 valence electrons. The summed E-state index contributed by atoms with van der Waals surface area (Å²) in [5.74, 6) is 0.444. The Morgan fingerprint density at radius 2 is 1.91 bits per heavy atom. The first-order chi connectivity index (χ1) is 20.9. The summed E-state index contributed by atoms with van der Waals surface area (Å²) in [4.78, 5) is 19.0. The Morgan fingerprint density at radius 1 is 1.12 bits per heavy atom. The lowest BCUT2D eigenvalue weighted by molar-refractivity contribution is 0.108. The molecule has 10 nitrogen and oxygen atoms in total. The molecular weight excluding hydrogens is 549 g/mol. The van der Waals surface area contributed by atoms with E-state index < -0.39 is 5.82 Å². The summed E-state index contributed by atoms with van der Waals surface area (Å²) >= 11 is 0. The molecule has 0 amide bonds. The zero-order valence-electron chi connectivity index (χ0n) is 25.0. The number of nitrogens with zero attached hydrogens (tertiary/aromatic N) is 5. The first-order valence-electron chi connectivity index (χ1n) is 15.5. The topological polar surface area (TPSA) is 123 Å². The van der Waals surface area contributed by atoms with Crippen molar-refractivity contribution in [1.82, 2.24) is 19.9 Å². The quantitative estimate of drug-likeness (QED) is 0.281. The Hall–Kier alpha value is -3.57. The van der Waals surface area contributed by atoms with Crippen molar-refractivity contribution in [2.45, 2.75) is 63.3 Å². The average Bonchev–Trinajstić information content (AvgIpc) is 3.72. The number of aromatic nitrogens is 3. The lowest BCUT2D eigenvalue weighted by atomic mass is 9.89. The minimum Gasteiger partial charge on any atom is -0.480 e. The van der Waals surface area contributed by atoms with Gasteiger partial charge in [-0.05, 0) is 88.1 Å². The number of methoxy groups -OCH3 is 1. The highest BCUT2D eigenvalue weighted by Gasteiger charge is 2.45. The SMILES string of the molecule is COc1nc(-c2c(C=N)c(N)cc(C)c2C2CC2)c(F)c2nc(OCC34CCCN3CCC4)nc(N3CCCOCC3)c12. The number of nitrogen functional groups attached to an aromatic ring is 1. The summed E-state index contributed by atoms with van der Waals surface area (Å²) in [5, 5.41) is 8.60. The Bertz CT molecular complexity index is 1560. The molecule has 7 rings (SSSR count). The van der Waals surface area contributed by atoms with Crippen LogP contribution in [0.25, 0.3) is 22.2 Å². The van der Waals surface area contributed by atoms with E-state index in [4.69, 9.17) is 40.3 Å². The van der Waals surface area contributed by atoms with Crippen molar-refractivity contribution in [3.8, 4) is 23.1 Å². The molecule has 1 aliphatic carbocycles. The van der Waals surface area contributed by atoms with Gasteiger partial charge in [0.05, 0.1) is 19.3 Å². The number of anilines is 2. The molecule has 0 atom stereocenters. The first-order valence-corrected chi connectivity index (χ1v) is 15.5. The van der Waals surface area contributed by atoms with Crippen molar-refractivity contribution in [1.29, 1.82) is 5.41 Å². The van der Waals surface area contributed by atoms with E-state index >= 15 is 4.39 Å². The summed E-state index contributed by atoms with van der Waals surface area (Å²) in [6.45, 7) is 7.09. The molecule has 5 heterocycles. The predicted molar refractivity (Wildman–Crippen MR) is 164 cm³/mol. The zero-order valence-corrected chi connectivity index (χ0v) is 25.0. The molecule has 0 bridgehead atoms. The van der Waals surface area contributed by atoms with Gasteiger partial charge in [-0.25, -0.2) is 9.37 Å². The number of hydrogen-bond donors (Lipinski definition) is 2. The lowest BCUT2D eigenvalue weighted by Gasteiger charge is -2.31. The minimum atomic E-state index is -0.591. The van der Waals surface area contributed by atoms with Crippen LogP contribution in [0.4, 0.5) is 15.9 Å². The van der Waals surface area contributed by atoms with Gasteiger partial charge < -0.3 is 30.3 Å². The van der Waals surface area contributed by atoms with Crippen LogP contribution in [-0.2, 0) is 4.74 Å². The summed E-state index contributed by atoms with van der Waals surface area (Å²) in [7, 11) is 1.53. The van der Waals surface area contributed by atoms with E-state index in [0.29, 0.717) is 60.9 Å². The van der Waals surface area contributed by atoms with E-state index in [1.165, 1.54) is 13.3 Å². The second-order valence-corrected chi connectivity index (χ2v) is 12.4. The van der Waals surface area contributed by atoms with Crippen molar-refractivity contribution >= 4 is 28.6 Å². The highest BCUT2D eigenvalue weighted by atomic mass is 19.1. The van der Waals surface area contributed by atoms with Crippen LogP contribution in [-0.4, -0.2) is 84.7 Å². The van der Waals surface area contributed by atoms with Crippen LogP contribution in [0.5, 0.6) is 11.9 Å². The average molecular weight is 590 g/mol. The van der Waals surface area contributed by atoms with E-state index in [9.17, 15) is 0 Å². The number of benzene rings is 1.